The van der Waals surface area contributed by atoms with Crippen LogP contribution < -0.4 is 4.52 Å². The van der Waals surface area contributed by atoms with Crippen molar-refractivity contribution in [2.24, 2.45) is 0 Å². The molecule has 0 spiro atoms. The Morgan fingerprint density at radius 2 is 1.93 bits per heavy atom. The van der Waals surface area contributed by atoms with Crippen LogP contribution in [-0.4, -0.2) is 6.16 Å². The van der Waals surface area contributed by atoms with E-state index in [1.54, 1.807) is 24.3 Å². The van der Waals surface area contributed by atoms with Gasteiger partial charge < -0.3 is 9.05 Å². The molecule has 80 valence electrons. The van der Waals surface area contributed by atoms with Crippen LogP contribution in [0.2, 0.25) is 0 Å². The third kappa shape index (κ3) is 3.64. The largest absolute Gasteiger partial charge is 0.433 e. The van der Waals surface area contributed by atoms with Crippen LogP contribution in [0.4, 0.5) is 0 Å². The van der Waals surface area contributed by atoms with Gasteiger partial charge in [0.15, 0.2) is 0 Å². The molecule has 0 aliphatic carbocycles. The first kappa shape index (κ1) is 11.6. The van der Waals surface area contributed by atoms with Crippen LogP contribution in [0.25, 0.3) is 0 Å². The van der Waals surface area contributed by atoms with Gasteiger partial charge in [-0.05, 0) is 12.1 Å². The second-order valence-electron chi connectivity index (χ2n) is 2.76. The molecule has 0 aliphatic heterocycles. The summed E-state index contributed by atoms with van der Waals surface area (Å²) in [6, 6.07) is 8.85. The number of allylic oxidation sites excluding steroid dienone is 1. The Hall–Kier alpha value is -1.47. The van der Waals surface area contributed by atoms with E-state index in [1.807, 2.05) is 6.07 Å². The predicted molar refractivity (Wildman–Crippen MR) is 61.0 cm³/mol. The van der Waals surface area contributed by atoms with Crippen molar-refractivity contribution in [1.29, 1.82) is 0 Å². The molecule has 0 saturated carbocycles. The van der Waals surface area contributed by atoms with Crippen molar-refractivity contribution in [3.8, 4) is 5.75 Å². The lowest BCUT2D eigenvalue weighted by atomic mass is 10.3. The third-order valence-corrected chi connectivity index (χ3v) is 3.24. The molecular weight excluding hydrogens is 211 g/mol. The maximum Gasteiger partial charge on any atom is 0.433 e. The second kappa shape index (κ2) is 5.42. The van der Waals surface area contributed by atoms with Crippen LogP contribution in [0.3, 0.4) is 0 Å². The fourth-order valence-corrected chi connectivity index (χ4v) is 2.21. The smallest absolute Gasteiger partial charge is 0.424 e. The minimum absolute atomic E-state index is 0.147. The first-order chi connectivity index (χ1) is 7.20. The van der Waals surface area contributed by atoms with Crippen molar-refractivity contribution in [2.75, 3.05) is 6.16 Å². The molecule has 0 aromatic heterocycles. The fourth-order valence-electron chi connectivity index (χ4n) is 1.02. The van der Waals surface area contributed by atoms with E-state index in [9.17, 15) is 4.57 Å². The number of benzene rings is 1. The number of hydrogen-bond donors (Lipinski definition) is 0. The SMILES string of the molecule is C=CCP(=O)(OC=C)Oc1ccccc1. The summed E-state index contributed by atoms with van der Waals surface area (Å²) in [4.78, 5) is 0. The highest BCUT2D eigenvalue weighted by Crippen LogP contribution is 2.48. The highest BCUT2D eigenvalue weighted by atomic mass is 31.2. The first-order valence-electron chi connectivity index (χ1n) is 4.44. The topological polar surface area (TPSA) is 35.5 Å². The Morgan fingerprint density at radius 1 is 1.27 bits per heavy atom. The average Bonchev–Trinajstić information content (AvgIpc) is 2.19. The van der Waals surface area contributed by atoms with Crippen molar-refractivity contribution >= 4 is 7.60 Å². The summed E-state index contributed by atoms with van der Waals surface area (Å²) in [5.74, 6) is 0.504. The van der Waals surface area contributed by atoms with Crippen molar-refractivity contribution in [3.63, 3.8) is 0 Å². The van der Waals surface area contributed by atoms with E-state index < -0.39 is 7.60 Å². The molecule has 0 aliphatic rings. The molecule has 0 amide bonds. The van der Waals surface area contributed by atoms with Crippen LogP contribution in [0, 0.1) is 0 Å². The summed E-state index contributed by atoms with van der Waals surface area (Å²) in [5.41, 5.74) is 0. The summed E-state index contributed by atoms with van der Waals surface area (Å²) in [6.45, 7) is 6.86. The second-order valence-corrected chi connectivity index (χ2v) is 4.74. The molecule has 0 fully saturated rings. The molecule has 0 saturated heterocycles. The van der Waals surface area contributed by atoms with E-state index in [1.165, 1.54) is 6.08 Å². The van der Waals surface area contributed by atoms with Gasteiger partial charge in [-0.25, -0.2) is 4.57 Å². The van der Waals surface area contributed by atoms with E-state index in [-0.39, 0.29) is 6.16 Å². The normalized spacial score (nSPS) is 13.6. The van der Waals surface area contributed by atoms with Crippen LogP contribution in [0.5, 0.6) is 5.75 Å². The van der Waals surface area contributed by atoms with E-state index in [0.717, 1.165) is 6.26 Å². The monoisotopic (exact) mass is 224 g/mol. The van der Waals surface area contributed by atoms with E-state index in [4.69, 9.17) is 9.05 Å². The Labute approximate surface area is 89.6 Å². The van der Waals surface area contributed by atoms with Gasteiger partial charge in [-0.1, -0.05) is 30.9 Å². The lowest BCUT2D eigenvalue weighted by molar-refractivity contribution is 0.358. The van der Waals surface area contributed by atoms with E-state index in [2.05, 4.69) is 13.2 Å². The molecule has 3 nitrogen and oxygen atoms in total. The summed E-state index contributed by atoms with van der Waals surface area (Å²) in [5, 5.41) is 0. The van der Waals surface area contributed by atoms with Gasteiger partial charge in [-0.2, -0.15) is 0 Å². The highest BCUT2D eigenvalue weighted by molar-refractivity contribution is 7.54. The zero-order valence-corrected chi connectivity index (χ0v) is 9.23. The fraction of sp³-hybridized carbons (Fsp3) is 0.0909. The number of para-hydroxylation sites is 1. The number of rotatable bonds is 6. The van der Waals surface area contributed by atoms with Gasteiger partial charge in [0.2, 0.25) is 0 Å². The quantitative estimate of drug-likeness (QED) is 0.420. The molecule has 0 N–H and O–H groups in total. The van der Waals surface area contributed by atoms with Crippen LogP contribution in [-0.2, 0) is 9.09 Å². The van der Waals surface area contributed by atoms with Gasteiger partial charge in [0, 0.05) is 0 Å². The molecule has 1 unspecified atom stereocenters. The zero-order chi connectivity index (χ0) is 11.1. The molecule has 1 aromatic carbocycles. The molecule has 1 atom stereocenters. The van der Waals surface area contributed by atoms with Gasteiger partial charge in [0.25, 0.3) is 0 Å². The maximum atomic E-state index is 12.0. The summed E-state index contributed by atoms with van der Waals surface area (Å²) in [6.07, 6.45) is 2.76. The van der Waals surface area contributed by atoms with Crippen molar-refractivity contribution in [1.82, 2.24) is 0 Å². The number of hydrogen-bond acceptors (Lipinski definition) is 3. The minimum atomic E-state index is -3.18. The maximum absolute atomic E-state index is 12.0. The van der Waals surface area contributed by atoms with Gasteiger partial charge in [0.1, 0.15) is 5.75 Å². The van der Waals surface area contributed by atoms with Crippen LogP contribution >= 0.6 is 7.60 Å². The van der Waals surface area contributed by atoms with Crippen molar-refractivity contribution in [2.45, 2.75) is 0 Å². The lowest BCUT2D eigenvalue weighted by Gasteiger charge is -2.16. The zero-order valence-electron chi connectivity index (χ0n) is 8.33. The van der Waals surface area contributed by atoms with Crippen molar-refractivity contribution in [3.05, 3.63) is 55.8 Å². The molecule has 1 aromatic rings. The Balaban J connectivity index is 2.79. The van der Waals surface area contributed by atoms with Gasteiger partial charge in [0.05, 0.1) is 12.4 Å². The van der Waals surface area contributed by atoms with Gasteiger partial charge >= 0.3 is 7.60 Å². The Morgan fingerprint density at radius 3 is 2.47 bits per heavy atom. The Bertz CT molecular complexity index is 359. The summed E-state index contributed by atoms with van der Waals surface area (Å²) in [7, 11) is -3.18. The molecule has 1 rings (SSSR count). The molecule has 4 heteroatoms. The van der Waals surface area contributed by atoms with E-state index >= 15 is 0 Å². The van der Waals surface area contributed by atoms with Gasteiger partial charge in [-0.15, -0.1) is 6.58 Å². The summed E-state index contributed by atoms with van der Waals surface area (Å²) >= 11 is 0. The molecule has 0 heterocycles. The first-order valence-corrected chi connectivity index (χ1v) is 6.17. The standard InChI is InChI=1S/C11H13O3P/c1-3-10-15(12,13-4-2)14-11-8-6-5-7-9-11/h3-9H,1-2,10H2. The highest BCUT2D eigenvalue weighted by Gasteiger charge is 2.23. The summed E-state index contributed by atoms with van der Waals surface area (Å²) < 4.78 is 22.2. The van der Waals surface area contributed by atoms with Gasteiger partial charge in [-0.3, -0.25) is 0 Å². The van der Waals surface area contributed by atoms with Crippen LogP contribution in [0.15, 0.2) is 55.8 Å². The molecule has 15 heavy (non-hydrogen) atoms. The molecule has 0 bridgehead atoms. The minimum Gasteiger partial charge on any atom is -0.424 e. The average molecular weight is 224 g/mol. The third-order valence-electron chi connectivity index (χ3n) is 1.58. The van der Waals surface area contributed by atoms with E-state index in [0.29, 0.717) is 5.75 Å². The predicted octanol–water partition coefficient (Wildman–Crippen LogP) is 3.60. The lowest BCUT2D eigenvalue weighted by Crippen LogP contribution is -1.97. The Kier molecular flexibility index (Phi) is 4.19. The molecule has 0 radical (unpaired) electrons. The van der Waals surface area contributed by atoms with Crippen molar-refractivity contribution < 1.29 is 13.6 Å². The molecular formula is C11H13O3P. The van der Waals surface area contributed by atoms with Crippen LogP contribution in [0.1, 0.15) is 0 Å².